The molecule has 6 nitrogen and oxygen atoms in total. The smallest absolute Gasteiger partial charge is 0.162 e. The minimum atomic E-state index is -4.39. The van der Waals surface area contributed by atoms with Crippen LogP contribution < -0.4 is 5.73 Å². The van der Waals surface area contributed by atoms with E-state index in [2.05, 4.69) is 27.7 Å². The van der Waals surface area contributed by atoms with Crippen LogP contribution in [0, 0.1) is 0 Å². The summed E-state index contributed by atoms with van der Waals surface area (Å²) in [6.45, 7) is 15.1. The van der Waals surface area contributed by atoms with Crippen LogP contribution in [0.5, 0.6) is 0 Å². The number of hydrogen-bond acceptors (Lipinski definition) is 4. The Morgan fingerprint density at radius 1 is 0.875 bits per heavy atom. The molecule has 2 atom stereocenters. The van der Waals surface area contributed by atoms with Crippen molar-refractivity contribution in [3.63, 3.8) is 0 Å². The fourth-order valence-electron chi connectivity index (χ4n) is 4.44. The summed E-state index contributed by atoms with van der Waals surface area (Å²) in [5.41, 5.74) is 6.46. The van der Waals surface area contributed by atoms with E-state index in [1.807, 2.05) is 6.07 Å². The van der Waals surface area contributed by atoms with Crippen LogP contribution in [0.1, 0.15) is 90.7 Å². The Kier molecular flexibility index (Phi) is 13.6. The number of nitrogens with zero attached hydrogens (tertiary/aromatic N) is 2. The molecule has 0 saturated carbocycles. The lowest BCUT2D eigenvalue weighted by Gasteiger charge is -2.46. The van der Waals surface area contributed by atoms with Crippen molar-refractivity contribution < 1.29 is 17.5 Å². The van der Waals surface area contributed by atoms with Crippen LogP contribution in [0.15, 0.2) is 30.3 Å². The molecular formula is C25H47N3O3S. The van der Waals surface area contributed by atoms with Gasteiger partial charge in [-0.2, -0.15) is 0 Å². The minimum absolute atomic E-state index is 0.103. The van der Waals surface area contributed by atoms with E-state index < -0.39 is 16.3 Å². The summed E-state index contributed by atoms with van der Waals surface area (Å²) in [7, 11) is -4.39. The molecule has 1 aliphatic heterocycles. The lowest BCUT2D eigenvalue weighted by atomic mass is 9.93. The average Bonchev–Trinajstić information content (AvgIpc) is 2.77. The van der Waals surface area contributed by atoms with Crippen LogP contribution in [0.2, 0.25) is 0 Å². The molecule has 32 heavy (non-hydrogen) atoms. The van der Waals surface area contributed by atoms with Gasteiger partial charge in [0.05, 0.1) is 32.2 Å². The first kappa shape index (κ1) is 29.0. The predicted octanol–water partition coefficient (Wildman–Crippen LogP) is 4.83. The summed E-state index contributed by atoms with van der Waals surface area (Å²) in [6.07, 6.45) is 11.1. The molecule has 1 heterocycles. The quantitative estimate of drug-likeness (QED) is 0.312. The van der Waals surface area contributed by atoms with Crippen molar-refractivity contribution >= 4 is 10.3 Å². The van der Waals surface area contributed by atoms with E-state index >= 15 is 0 Å². The van der Waals surface area contributed by atoms with Gasteiger partial charge in [-0.3, -0.25) is 0 Å². The molecule has 7 heteroatoms. The zero-order chi connectivity index (χ0) is 24.0. The molecule has 1 aliphatic rings. The molecule has 0 unspecified atom stereocenters. The lowest BCUT2D eigenvalue weighted by Crippen LogP contribution is -2.59. The van der Waals surface area contributed by atoms with Gasteiger partial charge in [-0.1, -0.05) is 83.7 Å². The van der Waals surface area contributed by atoms with Gasteiger partial charge in [0.1, 0.15) is 0 Å². The van der Waals surface area contributed by atoms with Crippen LogP contribution in [0.4, 0.5) is 0 Å². The van der Waals surface area contributed by atoms with Crippen molar-refractivity contribution in [1.82, 2.24) is 4.31 Å². The van der Waals surface area contributed by atoms with E-state index in [0.717, 1.165) is 9.87 Å². The Morgan fingerprint density at radius 3 is 1.59 bits per heavy atom. The topological polar surface area (TPSA) is 86.5 Å². The van der Waals surface area contributed by atoms with Crippen molar-refractivity contribution in [1.29, 1.82) is 0 Å². The van der Waals surface area contributed by atoms with Gasteiger partial charge in [-0.15, -0.1) is 0 Å². The van der Waals surface area contributed by atoms with Crippen molar-refractivity contribution in [3.05, 3.63) is 35.9 Å². The second kappa shape index (κ2) is 15.0. The van der Waals surface area contributed by atoms with E-state index in [-0.39, 0.29) is 12.6 Å². The van der Waals surface area contributed by atoms with E-state index in [0.29, 0.717) is 0 Å². The lowest BCUT2D eigenvalue weighted by molar-refractivity contribution is -0.929. The fourth-order valence-corrected chi connectivity index (χ4v) is 5.35. The monoisotopic (exact) mass is 469 g/mol. The van der Waals surface area contributed by atoms with Gasteiger partial charge in [0.25, 0.3) is 0 Å². The second-order valence-electron chi connectivity index (χ2n) is 9.20. The summed E-state index contributed by atoms with van der Waals surface area (Å²) >= 11 is 0. The molecule has 2 rings (SSSR count). The highest BCUT2D eigenvalue weighted by molar-refractivity contribution is 7.83. The van der Waals surface area contributed by atoms with Crippen LogP contribution >= 0.6 is 0 Å². The summed E-state index contributed by atoms with van der Waals surface area (Å²) < 4.78 is 34.9. The van der Waals surface area contributed by atoms with Gasteiger partial charge < -0.3 is 14.8 Å². The number of benzene rings is 1. The maximum absolute atomic E-state index is 10.9. The highest BCUT2D eigenvalue weighted by Gasteiger charge is 2.41. The van der Waals surface area contributed by atoms with Gasteiger partial charge in [0, 0.05) is 12.6 Å². The third-order valence-corrected chi connectivity index (χ3v) is 7.43. The zero-order valence-electron chi connectivity index (χ0n) is 20.8. The Bertz CT molecular complexity index is 675. The molecule has 1 aromatic carbocycles. The summed E-state index contributed by atoms with van der Waals surface area (Å²) in [4.78, 5) is 0. The minimum Gasteiger partial charge on any atom is -0.735 e. The molecule has 186 valence electrons. The maximum atomic E-state index is 10.9. The number of nitrogens with two attached hydrogens (primary N) is 1. The van der Waals surface area contributed by atoms with Crippen LogP contribution in [-0.4, -0.2) is 60.5 Å². The van der Waals surface area contributed by atoms with Crippen LogP contribution in [-0.2, 0) is 10.3 Å². The second-order valence-corrected chi connectivity index (χ2v) is 10.5. The summed E-state index contributed by atoms with van der Waals surface area (Å²) in [6, 6.07) is 8.13. The standard InChI is InChI=1S/C16H36N.C9H12N2O3S/c1-5-9-13-17(14-10-6-2,15-11-7-3)16-12-8-4;10-8-6-11(15(12,13)14)9(8)7-4-2-1-3-5-7/h5-16H2,1-4H3;1-5,8-9H,6,10H2,(H,12,13,14)/q+1;/p-1/t;8-,9+/m.1/s1. The predicted molar refractivity (Wildman–Crippen MR) is 133 cm³/mol. The van der Waals surface area contributed by atoms with Gasteiger partial charge in [0.2, 0.25) is 0 Å². The summed E-state index contributed by atoms with van der Waals surface area (Å²) in [5, 5.41) is 0. The molecule has 0 aromatic heterocycles. The Hall–Kier alpha value is -0.990. The number of quaternary nitrogens is 1. The summed E-state index contributed by atoms with van der Waals surface area (Å²) in [5.74, 6) is 0. The molecule has 1 saturated heterocycles. The van der Waals surface area contributed by atoms with Crippen molar-refractivity contribution in [2.75, 3.05) is 32.7 Å². The average molecular weight is 470 g/mol. The fraction of sp³-hybridized carbons (Fsp3) is 0.760. The molecule has 0 aliphatic carbocycles. The molecule has 0 radical (unpaired) electrons. The number of unbranched alkanes of at least 4 members (excludes halogenated alkanes) is 4. The molecule has 2 N–H and O–H groups in total. The molecule has 1 fully saturated rings. The third-order valence-electron chi connectivity index (χ3n) is 6.48. The van der Waals surface area contributed by atoms with E-state index in [1.54, 1.807) is 24.3 Å². The molecule has 0 bridgehead atoms. The van der Waals surface area contributed by atoms with Gasteiger partial charge in [0.15, 0.2) is 10.3 Å². The normalized spacial score (nSPS) is 19.2. The van der Waals surface area contributed by atoms with Crippen LogP contribution in [0.25, 0.3) is 0 Å². The largest absolute Gasteiger partial charge is 0.735 e. The van der Waals surface area contributed by atoms with Crippen molar-refractivity contribution in [3.8, 4) is 0 Å². The van der Waals surface area contributed by atoms with E-state index in [9.17, 15) is 13.0 Å². The van der Waals surface area contributed by atoms with Crippen molar-refractivity contribution in [2.24, 2.45) is 5.73 Å². The van der Waals surface area contributed by atoms with E-state index in [1.165, 1.54) is 82.0 Å². The third kappa shape index (κ3) is 9.48. The SMILES string of the molecule is CCCC[N+](CCCC)(CCCC)CCCC.N[C@@H]1CN(S(=O)(=O)[O-])[C@H]1c1ccccc1. The Balaban J connectivity index is 0.000000321. The maximum Gasteiger partial charge on any atom is 0.162 e. The zero-order valence-corrected chi connectivity index (χ0v) is 21.7. The van der Waals surface area contributed by atoms with Gasteiger partial charge in [-0.25, -0.2) is 12.7 Å². The first-order valence-electron chi connectivity index (χ1n) is 12.6. The van der Waals surface area contributed by atoms with Gasteiger partial charge in [-0.05, 0) is 31.2 Å². The molecule has 0 amide bonds. The first-order valence-corrected chi connectivity index (χ1v) is 14.0. The molecule has 1 aromatic rings. The number of rotatable bonds is 14. The highest BCUT2D eigenvalue weighted by atomic mass is 32.2. The molecular weight excluding hydrogens is 422 g/mol. The Morgan fingerprint density at radius 2 is 1.28 bits per heavy atom. The first-order chi connectivity index (χ1) is 15.2. The highest BCUT2D eigenvalue weighted by Crippen LogP contribution is 2.34. The van der Waals surface area contributed by atoms with E-state index in [4.69, 9.17) is 5.73 Å². The molecule has 0 spiro atoms. The van der Waals surface area contributed by atoms with Crippen molar-refractivity contribution in [2.45, 2.75) is 91.1 Å². The number of hydrogen-bond donors (Lipinski definition) is 1. The Labute approximate surface area is 197 Å². The van der Waals surface area contributed by atoms with Gasteiger partial charge >= 0.3 is 0 Å². The van der Waals surface area contributed by atoms with Crippen LogP contribution in [0.3, 0.4) is 0 Å².